The molecule has 0 spiro atoms. The molecule has 3 aromatic rings. The van der Waals surface area contributed by atoms with Crippen LogP contribution in [0.25, 0.3) is 0 Å². The summed E-state index contributed by atoms with van der Waals surface area (Å²) in [7, 11) is 0. The fourth-order valence-electron chi connectivity index (χ4n) is 3.75. The quantitative estimate of drug-likeness (QED) is 0.487. The van der Waals surface area contributed by atoms with E-state index in [1.54, 1.807) is 0 Å². The van der Waals surface area contributed by atoms with Crippen LogP contribution in [0.1, 0.15) is 26.2 Å². The molecule has 3 aromatic carbocycles. The Morgan fingerprint density at radius 2 is 0.960 bits per heavy atom. The van der Waals surface area contributed by atoms with Crippen molar-refractivity contribution >= 4 is 22.7 Å². The molecule has 0 saturated carbocycles. The molecule has 0 fully saturated rings. The van der Waals surface area contributed by atoms with Gasteiger partial charge in [0.05, 0.1) is 0 Å². The molecule has 0 aliphatic carbocycles. The molecule has 0 aromatic heterocycles. The molecule has 0 amide bonds. The van der Waals surface area contributed by atoms with E-state index in [0.717, 1.165) is 41.3 Å². The van der Waals surface area contributed by atoms with Crippen molar-refractivity contribution in [2.24, 2.45) is 0 Å². The van der Waals surface area contributed by atoms with Gasteiger partial charge in [-0.15, -0.1) is 0 Å². The molecule has 0 aliphatic rings. The van der Waals surface area contributed by atoms with Crippen molar-refractivity contribution in [1.29, 1.82) is 0 Å². The molecule has 1 N–H and O–H groups in total. The van der Waals surface area contributed by atoms with Crippen molar-refractivity contribution in [3.05, 3.63) is 91.0 Å². The van der Waals surface area contributed by atoms with E-state index in [1.807, 2.05) is 54.6 Å². The molecule has 0 heterocycles. The van der Waals surface area contributed by atoms with Gasteiger partial charge in [-0.3, -0.25) is 0 Å². The summed E-state index contributed by atoms with van der Waals surface area (Å²) in [6, 6.07) is 30.9. The molecule has 2 heteroatoms. The Kier molecular flexibility index (Phi) is 5.37. The second-order valence-corrected chi connectivity index (χ2v) is 11.2. The van der Waals surface area contributed by atoms with E-state index in [2.05, 4.69) is 43.3 Å². The van der Waals surface area contributed by atoms with Gasteiger partial charge in [0.25, 0.3) is 0 Å². The summed E-state index contributed by atoms with van der Waals surface area (Å²) in [6.45, 7) is -1.26. The van der Waals surface area contributed by atoms with E-state index in [1.165, 1.54) is 0 Å². The number of benzene rings is 3. The van der Waals surface area contributed by atoms with Crippen LogP contribution in [0.4, 0.5) is 0 Å². The first kappa shape index (κ1) is 17.9. The van der Waals surface area contributed by atoms with Gasteiger partial charge in [-0.1, -0.05) is 0 Å². The molecule has 130 valence electrons. The molecule has 0 bridgehead atoms. The van der Waals surface area contributed by atoms with Crippen molar-refractivity contribution in [3.8, 4) is 0 Å². The average molecular weight is 350 g/mol. The fourth-order valence-corrected chi connectivity index (χ4v) is 8.70. The minimum atomic E-state index is -3.47. The van der Waals surface area contributed by atoms with Crippen molar-refractivity contribution in [2.75, 3.05) is 6.16 Å². The molecule has 3 rings (SSSR count). The van der Waals surface area contributed by atoms with Gasteiger partial charge < -0.3 is 0 Å². The molecule has 1 nitrogen and oxygen atoms in total. The van der Waals surface area contributed by atoms with Crippen LogP contribution in [0.2, 0.25) is 0 Å². The van der Waals surface area contributed by atoms with Gasteiger partial charge in [0.15, 0.2) is 0 Å². The second-order valence-electron chi connectivity index (χ2n) is 6.69. The summed E-state index contributed by atoms with van der Waals surface area (Å²) in [5.74, 6) is 0. The SMILES string of the molecule is CCCCCP(O)(c1ccccc1)(c1ccccc1)c1ccccc1. The molecular weight excluding hydrogens is 323 g/mol. The minimum absolute atomic E-state index is 0.789. The number of rotatable bonds is 7. The Morgan fingerprint density at radius 3 is 1.28 bits per heavy atom. The van der Waals surface area contributed by atoms with Crippen LogP contribution in [0.3, 0.4) is 0 Å². The van der Waals surface area contributed by atoms with Crippen LogP contribution in [-0.2, 0) is 0 Å². The summed E-state index contributed by atoms with van der Waals surface area (Å²) in [4.78, 5) is 12.7. The van der Waals surface area contributed by atoms with Gasteiger partial charge in [0, 0.05) is 0 Å². The third kappa shape index (κ3) is 3.15. The Balaban J connectivity index is 2.32. The Morgan fingerprint density at radius 1 is 0.600 bits per heavy atom. The van der Waals surface area contributed by atoms with Crippen LogP contribution in [0, 0.1) is 0 Å². The Hall–Kier alpha value is -1.95. The average Bonchev–Trinajstić information content (AvgIpc) is 2.70. The molecule has 0 atom stereocenters. The van der Waals surface area contributed by atoms with Crippen molar-refractivity contribution < 1.29 is 4.89 Å². The van der Waals surface area contributed by atoms with E-state index in [0.29, 0.717) is 0 Å². The molecule has 0 saturated heterocycles. The van der Waals surface area contributed by atoms with Gasteiger partial charge >= 0.3 is 151 Å². The van der Waals surface area contributed by atoms with Crippen molar-refractivity contribution in [2.45, 2.75) is 26.2 Å². The van der Waals surface area contributed by atoms with Gasteiger partial charge in [0.1, 0.15) is 0 Å². The van der Waals surface area contributed by atoms with Crippen LogP contribution < -0.4 is 15.9 Å². The zero-order valence-electron chi connectivity index (χ0n) is 14.9. The summed E-state index contributed by atoms with van der Waals surface area (Å²) >= 11 is 0. The van der Waals surface area contributed by atoms with Gasteiger partial charge in [-0.25, -0.2) is 0 Å². The Labute approximate surface area is 151 Å². The van der Waals surface area contributed by atoms with Gasteiger partial charge in [-0.2, -0.15) is 0 Å². The third-order valence-corrected chi connectivity index (χ3v) is 10.6. The van der Waals surface area contributed by atoms with Gasteiger partial charge in [-0.05, 0) is 0 Å². The maximum absolute atomic E-state index is 12.7. The van der Waals surface area contributed by atoms with E-state index in [9.17, 15) is 4.89 Å². The topological polar surface area (TPSA) is 20.2 Å². The normalized spacial score (nSPS) is 13.1. The van der Waals surface area contributed by atoms with Crippen molar-refractivity contribution in [1.82, 2.24) is 0 Å². The molecule has 0 unspecified atom stereocenters. The van der Waals surface area contributed by atoms with E-state index < -0.39 is 6.83 Å². The van der Waals surface area contributed by atoms with Crippen LogP contribution in [0.5, 0.6) is 0 Å². The summed E-state index contributed by atoms with van der Waals surface area (Å²) in [6.07, 6.45) is 4.08. The first-order valence-electron chi connectivity index (χ1n) is 9.13. The molecule has 0 radical (unpaired) electrons. The maximum atomic E-state index is 12.7. The van der Waals surface area contributed by atoms with Crippen LogP contribution in [0.15, 0.2) is 91.0 Å². The first-order valence-corrected chi connectivity index (χ1v) is 11.5. The Bertz CT molecular complexity index is 685. The van der Waals surface area contributed by atoms with Gasteiger partial charge in [0.2, 0.25) is 0 Å². The second kappa shape index (κ2) is 7.52. The molecule has 25 heavy (non-hydrogen) atoms. The standard InChI is InChI=1S/C23H27OP/c1-2-3-13-20-25(24,21-14-7-4-8-15-21,22-16-9-5-10-17-22)23-18-11-6-12-19-23/h4-12,14-19,24H,2-3,13,20H2,1H3. The number of hydrogen-bond donors (Lipinski definition) is 1. The van der Waals surface area contributed by atoms with E-state index in [-0.39, 0.29) is 0 Å². The zero-order valence-corrected chi connectivity index (χ0v) is 15.8. The predicted octanol–water partition coefficient (Wildman–Crippen LogP) is 4.61. The predicted molar refractivity (Wildman–Crippen MR) is 112 cm³/mol. The summed E-state index contributed by atoms with van der Waals surface area (Å²) < 4.78 is 0. The van der Waals surface area contributed by atoms with Crippen molar-refractivity contribution in [3.63, 3.8) is 0 Å². The monoisotopic (exact) mass is 350 g/mol. The number of hydrogen-bond acceptors (Lipinski definition) is 1. The summed E-state index contributed by atoms with van der Waals surface area (Å²) in [5, 5.41) is 3.17. The fraction of sp³-hybridized carbons (Fsp3) is 0.217. The molecular formula is C23H27OP. The van der Waals surface area contributed by atoms with E-state index >= 15 is 0 Å². The van der Waals surface area contributed by atoms with Crippen LogP contribution in [-0.4, -0.2) is 11.1 Å². The zero-order chi connectivity index (χ0) is 17.6. The first-order chi connectivity index (χ1) is 12.2. The number of unbranched alkanes of at least 4 members (excludes halogenated alkanes) is 2. The molecule has 0 aliphatic heterocycles. The summed E-state index contributed by atoms with van der Waals surface area (Å²) in [5.41, 5.74) is 0. The third-order valence-electron chi connectivity index (χ3n) is 5.13. The van der Waals surface area contributed by atoms with E-state index in [4.69, 9.17) is 0 Å². The van der Waals surface area contributed by atoms with Crippen LogP contribution >= 0.6 is 6.83 Å².